The third-order valence-electron chi connectivity index (χ3n) is 5.45. The van der Waals surface area contributed by atoms with Crippen LogP contribution in [0.3, 0.4) is 0 Å². The van der Waals surface area contributed by atoms with Gasteiger partial charge in [-0.25, -0.2) is 4.98 Å². The van der Waals surface area contributed by atoms with Crippen molar-refractivity contribution in [1.82, 2.24) is 9.97 Å². The number of carbonyl (C=O) groups excluding carboxylic acids is 2. The molecule has 1 aliphatic rings. The minimum absolute atomic E-state index is 0.0206. The Bertz CT molecular complexity index is 1430. The van der Waals surface area contributed by atoms with Gasteiger partial charge in [-0.2, -0.15) is 0 Å². The molecule has 2 aromatic carbocycles. The molecule has 1 aliphatic heterocycles. The molecule has 7 nitrogen and oxygen atoms in total. The summed E-state index contributed by atoms with van der Waals surface area (Å²) in [7, 11) is 0. The van der Waals surface area contributed by atoms with Crippen molar-refractivity contribution in [2.24, 2.45) is 0 Å². The smallest absolute Gasteiger partial charge is 0.301 e. The molecule has 170 valence electrons. The van der Waals surface area contributed by atoms with E-state index in [2.05, 4.69) is 9.97 Å². The van der Waals surface area contributed by atoms with Crippen LogP contribution in [0.1, 0.15) is 24.1 Å². The van der Waals surface area contributed by atoms with E-state index < -0.39 is 17.7 Å². The van der Waals surface area contributed by atoms with E-state index in [1.165, 1.54) is 16.2 Å². The highest BCUT2D eigenvalue weighted by molar-refractivity contribution is 7.22. The van der Waals surface area contributed by atoms with Crippen LogP contribution in [-0.4, -0.2) is 33.4 Å². The molecule has 5 rings (SSSR count). The number of carbonyl (C=O) groups is 2. The number of rotatable bonds is 5. The zero-order valence-electron chi connectivity index (χ0n) is 17.9. The second-order valence-corrected chi connectivity index (χ2v) is 8.96. The van der Waals surface area contributed by atoms with Crippen LogP contribution in [0.25, 0.3) is 16.0 Å². The number of pyridine rings is 1. The van der Waals surface area contributed by atoms with Gasteiger partial charge in [-0.1, -0.05) is 22.9 Å². The van der Waals surface area contributed by atoms with Gasteiger partial charge in [-0.05, 0) is 67.1 Å². The normalized spacial score (nSPS) is 17.5. The Labute approximate surface area is 203 Å². The molecule has 1 atom stereocenters. The van der Waals surface area contributed by atoms with Gasteiger partial charge in [0.1, 0.15) is 11.5 Å². The lowest BCUT2D eigenvalue weighted by Gasteiger charge is -2.22. The van der Waals surface area contributed by atoms with Gasteiger partial charge >= 0.3 is 5.91 Å². The van der Waals surface area contributed by atoms with Crippen molar-refractivity contribution in [3.8, 4) is 5.75 Å². The highest BCUT2D eigenvalue weighted by Crippen LogP contribution is 2.44. The van der Waals surface area contributed by atoms with E-state index >= 15 is 0 Å². The summed E-state index contributed by atoms with van der Waals surface area (Å²) in [6, 6.07) is 14.4. The van der Waals surface area contributed by atoms with Crippen molar-refractivity contribution < 1.29 is 19.4 Å². The molecule has 1 fully saturated rings. The van der Waals surface area contributed by atoms with Gasteiger partial charge in [0.25, 0.3) is 5.78 Å². The van der Waals surface area contributed by atoms with Crippen molar-refractivity contribution in [2.75, 3.05) is 11.5 Å². The Kier molecular flexibility index (Phi) is 5.77. The zero-order chi connectivity index (χ0) is 23.8. The van der Waals surface area contributed by atoms with Crippen LogP contribution in [0, 0.1) is 0 Å². The molecule has 34 heavy (non-hydrogen) atoms. The van der Waals surface area contributed by atoms with Crippen LogP contribution in [0.15, 0.2) is 72.6 Å². The predicted molar refractivity (Wildman–Crippen MR) is 131 cm³/mol. The van der Waals surface area contributed by atoms with E-state index in [9.17, 15) is 14.7 Å². The first-order chi connectivity index (χ1) is 16.5. The fraction of sp³-hybridized carbons (Fsp3) is 0.120. The maximum Gasteiger partial charge on any atom is 0.301 e. The molecule has 3 heterocycles. The van der Waals surface area contributed by atoms with Gasteiger partial charge in [0.05, 0.1) is 28.4 Å². The third-order valence-corrected chi connectivity index (χ3v) is 6.72. The molecule has 4 aromatic rings. The number of aromatic nitrogens is 2. The standard InChI is InChI=1S/C25H18ClN3O4S/c1-2-33-17-7-8-18-19(13-17)34-25(28-18)29-21(14-9-11-27-12-10-14)20(23(31)24(29)32)22(30)15-3-5-16(26)6-4-15/h3-13,21,30H,2H2,1H3/b22-20+. The van der Waals surface area contributed by atoms with E-state index in [4.69, 9.17) is 16.3 Å². The van der Waals surface area contributed by atoms with Crippen LogP contribution >= 0.6 is 22.9 Å². The number of hydrogen-bond acceptors (Lipinski definition) is 7. The first-order valence-electron chi connectivity index (χ1n) is 10.5. The van der Waals surface area contributed by atoms with Crippen molar-refractivity contribution >= 4 is 55.7 Å². The topological polar surface area (TPSA) is 92.6 Å². The number of ketones is 1. The lowest BCUT2D eigenvalue weighted by atomic mass is 9.96. The average Bonchev–Trinajstić information content (AvgIpc) is 3.38. The predicted octanol–water partition coefficient (Wildman–Crippen LogP) is 5.37. The lowest BCUT2D eigenvalue weighted by Crippen LogP contribution is -2.29. The third kappa shape index (κ3) is 3.81. The highest BCUT2D eigenvalue weighted by atomic mass is 35.5. The second kappa shape index (κ2) is 8.89. The Morgan fingerprint density at radius 1 is 1.12 bits per heavy atom. The Hall–Kier alpha value is -3.75. The number of fused-ring (bicyclic) bond motifs is 1. The monoisotopic (exact) mass is 491 g/mol. The van der Waals surface area contributed by atoms with E-state index in [1.54, 1.807) is 48.8 Å². The maximum atomic E-state index is 13.3. The molecule has 0 aliphatic carbocycles. The van der Waals surface area contributed by atoms with Gasteiger partial charge in [0, 0.05) is 23.0 Å². The lowest BCUT2D eigenvalue weighted by molar-refractivity contribution is -0.132. The van der Waals surface area contributed by atoms with Gasteiger partial charge in [0.15, 0.2) is 5.13 Å². The number of anilines is 1. The quantitative estimate of drug-likeness (QED) is 0.229. The van der Waals surface area contributed by atoms with Crippen molar-refractivity contribution in [3.05, 3.63) is 88.7 Å². The molecule has 0 spiro atoms. The summed E-state index contributed by atoms with van der Waals surface area (Å²) in [6.45, 7) is 2.43. The number of benzene rings is 2. The molecule has 9 heteroatoms. The molecule has 2 aromatic heterocycles. The highest BCUT2D eigenvalue weighted by Gasteiger charge is 2.48. The molecule has 0 saturated carbocycles. The van der Waals surface area contributed by atoms with Crippen LogP contribution in [0.2, 0.25) is 5.02 Å². The SMILES string of the molecule is CCOc1ccc2nc(N3C(=O)C(=O)/C(=C(/O)c4ccc(Cl)cc4)C3c3ccncc3)sc2c1. The van der Waals surface area contributed by atoms with E-state index in [1.807, 2.05) is 25.1 Å². The Morgan fingerprint density at radius 2 is 1.85 bits per heavy atom. The Balaban J connectivity index is 1.68. The fourth-order valence-electron chi connectivity index (χ4n) is 3.91. The van der Waals surface area contributed by atoms with Crippen LogP contribution in [0.5, 0.6) is 5.75 Å². The van der Waals surface area contributed by atoms with Gasteiger partial charge in [0.2, 0.25) is 0 Å². The van der Waals surface area contributed by atoms with Gasteiger partial charge in [-0.3, -0.25) is 19.5 Å². The fourth-order valence-corrected chi connectivity index (χ4v) is 5.05. The molecule has 0 radical (unpaired) electrons. The summed E-state index contributed by atoms with van der Waals surface area (Å²) in [5.74, 6) is -1.13. The molecular formula is C25H18ClN3O4S. The molecule has 1 N–H and O–H groups in total. The van der Waals surface area contributed by atoms with Crippen LogP contribution in [0.4, 0.5) is 5.13 Å². The van der Waals surface area contributed by atoms with E-state index in [0.29, 0.717) is 39.2 Å². The zero-order valence-corrected chi connectivity index (χ0v) is 19.5. The van der Waals surface area contributed by atoms with Crippen LogP contribution in [-0.2, 0) is 9.59 Å². The minimum atomic E-state index is -0.870. The number of hydrogen-bond donors (Lipinski definition) is 1. The molecule has 1 saturated heterocycles. The van der Waals surface area contributed by atoms with Crippen molar-refractivity contribution in [2.45, 2.75) is 13.0 Å². The number of halogens is 1. The Morgan fingerprint density at radius 3 is 2.56 bits per heavy atom. The number of thiazole rings is 1. The first-order valence-corrected chi connectivity index (χ1v) is 11.7. The average molecular weight is 492 g/mol. The number of ether oxygens (including phenoxy) is 1. The van der Waals surface area contributed by atoms with Crippen LogP contribution < -0.4 is 9.64 Å². The second-order valence-electron chi connectivity index (χ2n) is 7.52. The van der Waals surface area contributed by atoms with Crippen molar-refractivity contribution in [1.29, 1.82) is 0 Å². The molecular weight excluding hydrogens is 474 g/mol. The summed E-state index contributed by atoms with van der Waals surface area (Å²) >= 11 is 7.25. The molecule has 1 unspecified atom stereocenters. The number of aliphatic hydroxyl groups excluding tert-OH is 1. The van der Waals surface area contributed by atoms with Gasteiger partial charge < -0.3 is 9.84 Å². The van der Waals surface area contributed by atoms with E-state index in [0.717, 1.165) is 4.70 Å². The summed E-state index contributed by atoms with van der Waals surface area (Å²) in [6.07, 6.45) is 3.15. The largest absolute Gasteiger partial charge is 0.507 e. The number of amides is 1. The molecule has 0 bridgehead atoms. The van der Waals surface area contributed by atoms with Crippen molar-refractivity contribution in [3.63, 3.8) is 0 Å². The summed E-state index contributed by atoms with van der Waals surface area (Å²) in [5.41, 5.74) is 1.66. The molecule has 1 amide bonds. The van der Waals surface area contributed by atoms with Gasteiger partial charge in [-0.15, -0.1) is 0 Å². The first kappa shape index (κ1) is 22.1. The summed E-state index contributed by atoms with van der Waals surface area (Å²) in [5, 5.41) is 12.0. The maximum absolute atomic E-state index is 13.3. The number of Topliss-reactive ketones (excluding diaryl/α,β-unsaturated/α-hetero) is 1. The number of aliphatic hydroxyl groups is 1. The van der Waals surface area contributed by atoms with E-state index in [-0.39, 0.29) is 11.3 Å². The summed E-state index contributed by atoms with van der Waals surface area (Å²) < 4.78 is 6.38. The minimum Gasteiger partial charge on any atom is -0.507 e. The number of nitrogens with zero attached hydrogens (tertiary/aromatic N) is 3. The summed E-state index contributed by atoms with van der Waals surface area (Å²) in [4.78, 5) is 36.5.